The summed E-state index contributed by atoms with van der Waals surface area (Å²) in [6.07, 6.45) is 0.141. The summed E-state index contributed by atoms with van der Waals surface area (Å²) in [6.45, 7) is 1.53. The average molecular weight is 215 g/mol. The van der Waals surface area contributed by atoms with Crippen molar-refractivity contribution in [3.63, 3.8) is 0 Å². The normalized spacial score (nSPS) is 20.9. The van der Waals surface area contributed by atoms with Crippen LogP contribution in [0.3, 0.4) is 0 Å². The van der Waals surface area contributed by atoms with E-state index in [0.717, 1.165) is 0 Å². The highest BCUT2D eigenvalue weighted by Gasteiger charge is 2.25. The molecule has 0 aromatic heterocycles. The van der Waals surface area contributed by atoms with E-state index >= 15 is 0 Å². The average Bonchev–Trinajstić information content (AvgIpc) is 2.21. The van der Waals surface area contributed by atoms with Crippen molar-refractivity contribution in [1.29, 1.82) is 0 Å². The molecule has 0 aromatic carbocycles. The Morgan fingerprint density at radius 3 is 2.93 bits per heavy atom. The Bertz CT molecular complexity index is 245. The Labute approximate surface area is 88.6 Å². The standard InChI is InChI=1S/C9H17N3O3/c1-12(4-5-13)8(14)6-7-9(15)11-3-2-10-7/h7,10,13H,2-6H2,1H3,(H,11,15). The summed E-state index contributed by atoms with van der Waals surface area (Å²) < 4.78 is 0. The number of carbonyl (C=O) groups excluding carboxylic acids is 2. The van der Waals surface area contributed by atoms with E-state index in [2.05, 4.69) is 10.6 Å². The van der Waals surface area contributed by atoms with Crippen LogP contribution in [-0.4, -0.2) is 61.2 Å². The van der Waals surface area contributed by atoms with E-state index in [1.807, 2.05) is 0 Å². The van der Waals surface area contributed by atoms with Gasteiger partial charge in [-0.3, -0.25) is 9.59 Å². The monoisotopic (exact) mass is 215 g/mol. The second kappa shape index (κ2) is 5.67. The summed E-state index contributed by atoms with van der Waals surface area (Å²) in [6, 6.07) is -0.438. The molecular weight excluding hydrogens is 198 g/mol. The number of nitrogens with one attached hydrogen (secondary N) is 2. The van der Waals surface area contributed by atoms with E-state index in [1.165, 1.54) is 4.90 Å². The molecule has 0 bridgehead atoms. The van der Waals surface area contributed by atoms with Crippen molar-refractivity contribution in [3.05, 3.63) is 0 Å². The number of aliphatic hydroxyl groups is 1. The largest absolute Gasteiger partial charge is 0.395 e. The molecule has 0 saturated carbocycles. The first-order valence-corrected chi connectivity index (χ1v) is 5.01. The predicted octanol–water partition coefficient (Wildman–Crippen LogP) is -2.08. The Morgan fingerprint density at radius 2 is 2.33 bits per heavy atom. The van der Waals surface area contributed by atoms with E-state index in [4.69, 9.17) is 5.11 Å². The van der Waals surface area contributed by atoms with Crippen LogP contribution in [0.5, 0.6) is 0 Å². The zero-order chi connectivity index (χ0) is 11.3. The number of rotatable bonds is 4. The van der Waals surface area contributed by atoms with Gasteiger partial charge in [-0.15, -0.1) is 0 Å². The van der Waals surface area contributed by atoms with Crippen LogP contribution in [0.15, 0.2) is 0 Å². The quantitative estimate of drug-likeness (QED) is 0.502. The highest BCUT2D eigenvalue weighted by Crippen LogP contribution is 1.99. The van der Waals surface area contributed by atoms with Crippen LogP contribution in [0.4, 0.5) is 0 Å². The maximum absolute atomic E-state index is 11.5. The molecule has 1 fully saturated rings. The number of nitrogens with zero attached hydrogens (tertiary/aromatic N) is 1. The van der Waals surface area contributed by atoms with E-state index in [-0.39, 0.29) is 24.8 Å². The van der Waals surface area contributed by atoms with E-state index < -0.39 is 6.04 Å². The van der Waals surface area contributed by atoms with Crippen molar-refractivity contribution < 1.29 is 14.7 Å². The molecule has 15 heavy (non-hydrogen) atoms. The summed E-state index contributed by atoms with van der Waals surface area (Å²) >= 11 is 0. The Balaban J connectivity index is 2.39. The maximum atomic E-state index is 11.5. The minimum Gasteiger partial charge on any atom is -0.395 e. The lowest BCUT2D eigenvalue weighted by molar-refractivity contribution is -0.134. The van der Waals surface area contributed by atoms with Gasteiger partial charge >= 0.3 is 0 Å². The van der Waals surface area contributed by atoms with E-state index in [9.17, 15) is 9.59 Å². The molecule has 6 nitrogen and oxygen atoms in total. The number of aliphatic hydroxyl groups excluding tert-OH is 1. The zero-order valence-electron chi connectivity index (χ0n) is 8.82. The molecule has 1 aliphatic heterocycles. The first-order valence-electron chi connectivity index (χ1n) is 5.01. The minimum atomic E-state index is -0.438. The van der Waals surface area contributed by atoms with Gasteiger partial charge in [0.25, 0.3) is 0 Å². The predicted molar refractivity (Wildman–Crippen MR) is 54.1 cm³/mol. The van der Waals surface area contributed by atoms with Crippen molar-refractivity contribution >= 4 is 11.8 Å². The van der Waals surface area contributed by atoms with Crippen molar-refractivity contribution in [2.75, 3.05) is 33.3 Å². The highest BCUT2D eigenvalue weighted by atomic mass is 16.3. The molecule has 1 aliphatic rings. The van der Waals surface area contributed by atoms with Gasteiger partial charge in [-0.05, 0) is 0 Å². The van der Waals surface area contributed by atoms with Crippen LogP contribution in [0.2, 0.25) is 0 Å². The molecule has 0 aromatic rings. The summed E-state index contributed by atoms with van der Waals surface area (Å²) in [5, 5.41) is 14.3. The van der Waals surface area contributed by atoms with Gasteiger partial charge in [0.2, 0.25) is 11.8 Å². The third-order valence-corrected chi connectivity index (χ3v) is 2.37. The fraction of sp³-hybridized carbons (Fsp3) is 0.778. The second-order valence-corrected chi connectivity index (χ2v) is 3.54. The van der Waals surface area contributed by atoms with Crippen LogP contribution in [-0.2, 0) is 9.59 Å². The molecule has 3 N–H and O–H groups in total. The number of hydrogen-bond donors (Lipinski definition) is 3. The Morgan fingerprint density at radius 1 is 1.60 bits per heavy atom. The lowest BCUT2D eigenvalue weighted by atomic mass is 10.1. The first-order chi connectivity index (χ1) is 7.15. The molecule has 1 heterocycles. The first kappa shape index (κ1) is 11.9. The molecule has 1 saturated heterocycles. The van der Waals surface area contributed by atoms with Crippen molar-refractivity contribution in [2.24, 2.45) is 0 Å². The van der Waals surface area contributed by atoms with Gasteiger partial charge in [-0.2, -0.15) is 0 Å². The molecule has 1 unspecified atom stereocenters. The third kappa shape index (κ3) is 3.49. The zero-order valence-corrected chi connectivity index (χ0v) is 8.82. The van der Waals surface area contributed by atoms with Crippen LogP contribution in [0.1, 0.15) is 6.42 Å². The Hall–Kier alpha value is -1.14. The molecule has 2 amide bonds. The van der Waals surface area contributed by atoms with Crippen molar-refractivity contribution in [1.82, 2.24) is 15.5 Å². The number of hydrogen-bond acceptors (Lipinski definition) is 4. The van der Waals surface area contributed by atoms with Crippen molar-refractivity contribution in [2.45, 2.75) is 12.5 Å². The lowest BCUT2D eigenvalue weighted by Crippen LogP contribution is -2.54. The van der Waals surface area contributed by atoms with Crippen molar-refractivity contribution in [3.8, 4) is 0 Å². The summed E-state index contributed by atoms with van der Waals surface area (Å²) in [5.41, 5.74) is 0. The van der Waals surface area contributed by atoms with Gasteiger partial charge < -0.3 is 20.6 Å². The van der Waals surface area contributed by atoms with Crippen LogP contribution in [0.25, 0.3) is 0 Å². The molecule has 0 spiro atoms. The SMILES string of the molecule is CN(CCO)C(=O)CC1NCCNC1=O. The highest BCUT2D eigenvalue weighted by molar-refractivity contribution is 5.88. The summed E-state index contributed by atoms with van der Waals surface area (Å²) in [5.74, 6) is -0.273. The van der Waals surface area contributed by atoms with Gasteiger partial charge in [0.15, 0.2) is 0 Å². The molecular formula is C9H17N3O3. The smallest absolute Gasteiger partial charge is 0.237 e. The Kier molecular flexibility index (Phi) is 4.51. The fourth-order valence-electron chi connectivity index (χ4n) is 1.42. The molecule has 86 valence electrons. The van der Waals surface area contributed by atoms with Crippen LogP contribution < -0.4 is 10.6 Å². The number of amides is 2. The number of carbonyl (C=O) groups is 2. The molecule has 0 radical (unpaired) electrons. The minimum absolute atomic E-state index is 0.0630. The third-order valence-electron chi connectivity index (χ3n) is 2.37. The molecule has 0 aliphatic carbocycles. The summed E-state index contributed by atoms with van der Waals surface area (Å²) in [4.78, 5) is 24.3. The van der Waals surface area contributed by atoms with E-state index in [0.29, 0.717) is 19.6 Å². The van der Waals surface area contributed by atoms with Gasteiger partial charge in [-0.25, -0.2) is 0 Å². The topological polar surface area (TPSA) is 81.7 Å². The molecule has 1 atom stereocenters. The lowest BCUT2D eigenvalue weighted by Gasteiger charge is -2.25. The van der Waals surface area contributed by atoms with Crippen LogP contribution >= 0.6 is 0 Å². The number of likely N-dealkylation sites (N-methyl/N-ethyl adjacent to an activating group) is 1. The van der Waals surface area contributed by atoms with Crippen LogP contribution in [0, 0.1) is 0 Å². The maximum Gasteiger partial charge on any atom is 0.237 e. The van der Waals surface area contributed by atoms with E-state index in [1.54, 1.807) is 7.05 Å². The summed E-state index contributed by atoms with van der Waals surface area (Å²) in [7, 11) is 1.61. The fourth-order valence-corrected chi connectivity index (χ4v) is 1.42. The van der Waals surface area contributed by atoms with Gasteiger partial charge in [0, 0.05) is 26.7 Å². The molecule has 1 rings (SSSR count). The van der Waals surface area contributed by atoms with Gasteiger partial charge in [-0.1, -0.05) is 0 Å². The van der Waals surface area contributed by atoms with Gasteiger partial charge in [0.1, 0.15) is 0 Å². The second-order valence-electron chi connectivity index (χ2n) is 3.54. The van der Waals surface area contributed by atoms with Gasteiger partial charge in [0.05, 0.1) is 19.1 Å². The molecule has 6 heteroatoms. The number of piperazine rings is 1.